The zero-order valence-corrected chi connectivity index (χ0v) is 15.6. The molecule has 0 saturated heterocycles. The summed E-state index contributed by atoms with van der Waals surface area (Å²) >= 11 is 0. The molecule has 0 atom stereocenters. The summed E-state index contributed by atoms with van der Waals surface area (Å²) in [5.74, 6) is 0.500. The first kappa shape index (κ1) is 17.9. The first-order valence-corrected chi connectivity index (χ1v) is 8.85. The second-order valence-electron chi connectivity index (χ2n) is 6.50. The average molecular weight is 377 g/mol. The number of nitrogens with zero attached hydrogens (tertiary/aromatic N) is 1. The summed E-state index contributed by atoms with van der Waals surface area (Å²) in [6.07, 6.45) is 1.69. The molecule has 1 amide bonds. The number of ether oxygens (including phenoxy) is 3. The van der Waals surface area contributed by atoms with Crippen LogP contribution in [0.15, 0.2) is 65.4 Å². The van der Waals surface area contributed by atoms with E-state index in [9.17, 15) is 9.59 Å². The monoisotopic (exact) mass is 377 g/mol. The number of esters is 1. The standard InChI is InChI=1S/C22H19NO5/c1-14-20(22(25)26-2)17(10-16-8-9-18-19(11-16)28-13-27-18)21(24)23(14)12-15-6-4-3-5-7-15/h3-11H,12-13H2,1-2H3/b17-10-. The minimum absolute atomic E-state index is 0.172. The van der Waals surface area contributed by atoms with Crippen LogP contribution in [-0.2, 0) is 20.9 Å². The molecular formula is C22H19NO5. The van der Waals surface area contributed by atoms with Gasteiger partial charge in [-0.15, -0.1) is 0 Å². The van der Waals surface area contributed by atoms with Crippen molar-refractivity contribution >= 4 is 18.0 Å². The Morgan fingerprint density at radius 2 is 1.89 bits per heavy atom. The topological polar surface area (TPSA) is 65.1 Å². The molecule has 6 nitrogen and oxygen atoms in total. The van der Waals surface area contributed by atoms with Gasteiger partial charge in [0.1, 0.15) is 0 Å². The normalized spacial score (nSPS) is 16.9. The average Bonchev–Trinajstić information content (AvgIpc) is 3.27. The maximum atomic E-state index is 13.1. The molecule has 0 aliphatic carbocycles. The Kier molecular flexibility index (Phi) is 4.61. The van der Waals surface area contributed by atoms with E-state index in [1.807, 2.05) is 36.4 Å². The highest BCUT2D eigenvalue weighted by Crippen LogP contribution is 2.36. The predicted molar refractivity (Wildman–Crippen MR) is 102 cm³/mol. The molecule has 0 saturated carbocycles. The number of benzene rings is 2. The van der Waals surface area contributed by atoms with Gasteiger partial charge in [-0.2, -0.15) is 0 Å². The number of carbonyl (C=O) groups is 2. The number of carbonyl (C=O) groups excluding carboxylic acids is 2. The molecule has 0 unspecified atom stereocenters. The van der Waals surface area contributed by atoms with Gasteiger partial charge in [-0.3, -0.25) is 4.79 Å². The van der Waals surface area contributed by atoms with Crippen LogP contribution in [0.5, 0.6) is 11.5 Å². The summed E-state index contributed by atoms with van der Waals surface area (Å²) in [6, 6.07) is 15.0. The molecule has 0 radical (unpaired) electrons. The van der Waals surface area contributed by atoms with E-state index in [1.54, 1.807) is 30.0 Å². The van der Waals surface area contributed by atoms with Crippen molar-refractivity contribution < 1.29 is 23.8 Å². The summed E-state index contributed by atoms with van der Waals surface area (Å²) in [4.78, 5) is 27.2. The second-order valence-corrected chi connectivity index (χ2v) is 6.50. The van der Waals surface area contributed by atoms with Crippen LogP contribution in [-0.4, -0.2) is 30.7 Å². The van der Waals surface area contributed by atoms with Gasteiger partial charge < -0.3 is 19.1 Å². The fourth-order valence-electron chi connectivity index (χ4n) is 3.35. The maximum Gasteiger partial charge on any atom is 0.340 e. The second kappa shape index (κ2) is 7.23. The summed E-state index contributed by atoms with van der Waals surface area (Å²) in [7, 11) is 1.31. The van der Waals surface area contributed by atoms with E-state index in [0.717, 1.165) is 11.1 Å². The van der Waals surface area contributed by atoms with Crippen molar-refractivity contribution in [2.45, 2.75) is 13.5 Å². The van der Waals surface area contributed by atoms with Crippen molar-refractivity contribution in [3.63, 3.8) is 0 Å². The predicted octanol–water partition coefficient (Wildman–Crippen LogP) is 3.29. The highest BCUT2D eigenvalue weighted by atomic mass is 16.7. The van der Waals surface area contributed by atoms with Crippen molar-refractivity contribution in [1.29, 1.82) is 0 Å². The minimum Gasteiger partial charge on any atom is -0.465 e. The minimum atomic E-state index is -0.534. The summed E-state index contributed by atoms with van der Waals surface area (Å²) in [5.41, 5.74) is 2.88. The lowest BCUT2D eigenvalue weighted by Crippen LogP contribution is -2.24. The number of fused-ring (bicyclic) bond motifs is 1. The van der Waals surface area contributed by atoms with Crippen LogP contribution in [0.1, 0.15) is 18.1 Å². The van der Waals surface area contributed by atoms with Crippen molar-refractivity contribution in [2.24, 2.45) is 0 Å². The summed E-state index contributed by atoms with van der Waals surface area (Å²) in [6.45, 7) is 2.31. The lowest BCUT2D eigenvalue weighted by Gasteiger charge is -2.17. The smallest absolute Gasteiger partial charge is 0.340 e. The van der Waals surface area contributed by atoms with Gasteiger partial charge in [-0.1, -0.05) is 36.4 Å². The molecule has 2 aromatic rings. The van der Waals surface area contributed by atoms with Gasteiger partial charge >= 0.3 is 5.97 Å². The highest BCUT2D eigenvalue weighted by molar-refractivity contribution is 6.16. The first-order valence-electron chi connectivity index (χ1n) is 8.85. The molecule has 0 fully saturated rings. The van der Waals surface area contributed by atoms with E-state index >= 15 is 0 Å². The van der Waals surface area contributed by atoms with Crippen LogP contribution < -0.4 is 9.47 Å². The van der Waals surface area contributed by atoms with Gasteiger partial charge in [0, 0.05) is 5.70 Å². The Morgan fingerprint density at radius 1 is 1.14 bits per heavy atom. The van der Waals surface area contributed by atoms with Gasteiger partial charge in [0.05, 0.1) is 24.8 Å². The molecule has 2 heterocycles. The van der Waals surface area contributed by atoms with Crippen LogP contribution in [0.3, 0.4) is 0 Å². The Morgan fingerprint density at radius 3 is 2.64 bits per heavy atom. The molecule has 2 aromatic carbocycles. The van der Waals surface area contributed by atoms with Crippen LogP contribution in [0.25, 0.3) is 6.08 Å². The molecule has 2 aliphatic heterocycles. The fraction of sp³-hybridized carbons (Fsp3) is 0.182. The third-order valence-corrected chi connectivity index (χ3v) is 4.79. The molecule has 142 valence electrons. The zero-order valence-electron chi connectivity index (χ0n) is 15.6. The zero-order chi connectivity index (χ0) is 19.7. The van der Waals surface area contributed by atoms with Gasteiger partial charge in [0.25, 0.3) is 5.91 Å². The maximum absolute atomic E-state index is 13.1. The lowest BCUT2D eigenvalue weighted by molar-refractivity contribution is -0.136. The van der Waals surface area contributed by atoms with E-state index < -0.39 is 5.97 Å². The number of amides is 1. The molecular weight excluding hydrogens is 358 g/mol. The summed E-state index contributed by atoms with van der Waals surface area (Å²) in [5, 5.41) is 0. The largest absolute Gasteiger partial charge is 0.465 e. The van der Waals surface area contributed by atoms with Gasteiger partial charge in [-0.25, -0.2) is 4.79 Å². The Hall–Kier alpha value is -3.54. The third kappa shape index (κ3) is 3.13. The van der Waals surface area contributed by atoms with Crippen molar-refractivity contribution in [3.05, 3.63) is 76.5 Å². The third-order valence-electron chi connectivity index (χ3n) is 4.79. The van der Waals surface area contributed by atoms with Gasteiger partial charge in [0.2, 0.25) is 6.79 Å². The SMILES string of the molecule is COC(=O)C1=C(C)N(Cc2ccccc2)C(=O)/C1=C\c1ccc2c(c1)OCO2. The van der Waals surface area contributed by atoms with Crippen LogP contribution in [0.2, 0.25) is 0 Å². The molecule has 6 heteroatoms. The number of hydrogen-bond donors (Lipinski definition) is 0. The Labute approximate surface area is 162 Å². The molecule has 0 aromatic heterocycles. The van der Waals surface area contributed by atoms with E-state index in [4.69, 9.17) is 14.2 Å². The van der Waals surface area contributed by atoms with Crippen molar-refractivity contribution in [1.82, 2.24) is 4.90 Å². The number of rotatable bonds is 4. The fourth-order valence-corrected chi connectivity index (χ4v) is 3.35. The number of hydrogen-bond acceptors (Lipinski definition) is 5. The van der Waals surface area contributed by atoms with E-state index in [0.29, 0.717) is 29.3 Å². The molecule has 0 spiro atoms. The van der Waals surface area contributed by atoms with Crippen LogP contribution in [0.4, 0.5) is 0 Å². The molecule has 0 bridgehead atoms. The lowest BCUT2D eigenvalue weighted by atomic mass is 10.0. The quantitative estimate of drug-likeness (QED) is 0.604. The van der Waals surface area contributed by atoms with E-state index in [1.165, 1.54) is 7.11 Å². The van der Waals surface area contributed by atoms with Crippen LogP contribution in [0, 0.1) is 0 Å². The Bertz CT molecular complexity index is 1010. The summed E-state index contributed by atoms with van der Waals surface area (Å²) < 4.78 is 15.6. The molecule has 2 aliphatic rings. The van der Waals surface area contributed by atoms with Crippen LogP contribution >= 0.6 is 0 Å². The van der Waals surface area contributed by atoms with Crippen molar-refractivity contribution in [2.75, 3.05) is 13.9 Å². The molecule has 4 rings (SSSR count). The highest BCUT2D eigenvalue weighted by Gasteiger charge is 2.37. The van der Waals surface area contributed by atoms with E-state index in [-0.39, 0.29) is 18.3 Å². The van der Waals surface area contributed by atoms with Crippen molar-refractivity contribution in [3.8, 4) is 11.5 Å². The first-order chi connectivity index (χ1) is 13.6. The number of methoxy groups -OCH3 is 1. The molecule has 28 heavy (non-hydrogen) atoms. The Balaban J connectivity index is 1.73. The number of allylic oxidation sites excluding steroid dienone is 1. The van der Waals surface area contributed by atoms with Gasteiger partial charge in [0.15, 0.2) is 11.5 Å². The van der Waals surface area contributed by atoms with Gasteiger partial charge in [-0.05, 0) is 36.3 Å². The van der Waals surface area contributed by atoms with E-state index in [2.05, 4.69) is 0 Å². The molecule has 0 N–H and O–H groups in total.